The average molecular weight is 391 g/mol. The molecule has 3 rings (SSSR count). The molecule has 160 valence electrons. The third kappa shape index (κ3) is 5.60. The van der Waals surface area contributed by atoms with Gasteiger partial charge in [0.15, 0.2) is 0 Å². The van der Waals surface area contributed by atoms with Crippen molar-refractivity contribution < 1.29 is 14.3 Å². The summed E-state index contributed by atoms with van der Waals surface area (Å²) in [7, 11) is 0. The summed E-state index contributed by atoms with van der Waals surface area (Å²) >= 11 is 0. The second-order valence-electron chi connectivity index (χ2n) is 9.97. The minimum Gasteiger partial charge on any atom is -0.465 e. The molecule has 0 amide bonds. The summed E-state index contributed by atoms with van der Waals surface area (Å²) < 4.78 is 5.23. The predicted octanol–water partition coefficient (Wildman–Crippen LogP) is 6.34. The average Bonchev–Trinajstić information content (AvgIpc) is 2.73. The van der Waals surface area contributed by atoms with Gasteiger partial charge in [-0.3, -0.25) is 9.59 Å². The number of carbonyl (C=O) groups is 2. The summed E-state index contributed by atoms with van der Waals surface area (Å²) in [6.07, 6.45) is 17.2. The fraction of sp³-hybridized carbons (Fsp3) is 0.920. The number of rotatable bonds is 7. The highest BCUT2D eigenvalue weighted by molar-refractivity contribution is 5.99. The first-order chi connectivity index (χ1) is 13.6. The van der Waals surface area contributed by atoms with E-state index in [1.807, 2.05) is 6.92 Å². The Morgan fingerprint density at radius 1 is 0.786 bits per heavy atom. The Bertz CT molecular complexity index is 498. The quantitative estimate of drug-likeness (QED) is 0.376. The van der Waals surface area contributed by atoms with Crippen molar-refractivity contribution in [2.45, 2.75) is 104 Å². The number of ether oxygens (including phenoxy) is 1. The number of hydrogen-bond donors (Lipinski definition) is 0. The maximum absolute atomic E-state index is 12.5. The Balaban J connectivity index is 1.40. The fourth-order valence-electron chi connectivity index (χ4n) is 6.44. The molecule has 0 aromatic rings. The van der Waals surface area contributed by atoms with Crippen LogP contribution in [-0.2, 0) is 14.3 Å². The van der Waals surface area contributed by atoms with E-state index in [-0.39, 0.29) is 11.8 Å². The molecule has 0 N–H and O–H groups in total. The second kappa shape index (κ2) is 10.8. The first kappa shape index (κ1) is 21.8. The zero-order valence-electron chi connectivity index (χ0n) is 18.3. The molecule has 3 aliphatic rings. The van der Waals surface area contributed by atoms with Gasteiger partial charge in [-0.15, -0.1) is 0 Å². The summed E-state index contributed by atoms with van der Waals surface area (Å²) in [5, 5.41) is 0. The third-order valence-electron chi connectivity index (χ3n) is 8.15. The highest BCUT2D eigenvalue weighted by atomic mass is 16.5. The van der Waals surface area contributed by atoms with Gasteiger partial charge >= 0.3 is 5.97 Å². The number of esters is 1. The van der Waals surface area contributed by atoms with Crippen molar-refractivity contribution in [1.82, 2.24) is 0 Å². The lowest BCUT2D eigenvalue weighted by atomic mass is 9.64. The van der Waals surface area contributed by atoms with Crippen molar-refractivity contribution in [3.63, 3.8) is 0 Å². The van der Waals surface area contributed by atoms with Crippen molar-refractivity contribution >= 4 is 11.8 Å². The van der Waals surface area contributed by atoms with Crippen LogP contribution in [0.5, 0.6) is 0 Å². The van der Waals surface area contributed by atoms with Gasteiger partial charge in [0.25, 0.3) is 0 Å². The van der Waals surface area contributed by atoms with E-state index >= 15 is 0 Å². The summed E-state index contributed by atoms with van der Waals surface area (Å²) in [5.41, 5.74) is 0. The second-order valence-corrected chi connectivity index (χ2v) is 9.97. The van der Waals surface area contributed by atoms with E-state index in [2.05, 4.69) is 6.92 Å². The molecule has 0 spiro atoms. The molecule has 0 radical (unpaired) electrons. The van der Waals surface area contributed by atoms with E-state index in [0.29, 0.717) is 31.3 Å². The Hall–Kier alpha value is -0.860. The van der Waals surface area contributed by atoms with E-state index < -0.39 is 5.92 Å². The van der Waals surface area contributed by atoms with Crippen LogP contribution >= 0.6 is 0 Å². The Kier molecular flexibility index (Phi) is 8.41. The molecule has 0 aromatic heterocycles. The maximum Gasteiger partial charge on any atom is 0.316 e. The molecule has 3 fully saturated rings. The van der Waals surface area contributed by atoms with Gasteiger partial charge < -0.3 is 4.74 Å². The molecular weight excluding hydrogens is 348 g/mol. The molecule has 0 saturated heterocycles. The maximum atomic E-state index is 12.5. The molecule has 0 heterocycles. The molecule has 3 nitrogen and oxygen atoms in total. The van der Waals surface area contributed by atoms with E-state index in [9.17, 15) is 9.59 Å². The summed E-state index contributed by atoms with van der Waals surface area (Å²) in [6, 6.07) is 0. The van der Waals surface area contributed by atoms with Crippen LogP contribution in [0.15, 0.2) is 0 Å². The molecule has 3 saturated carbocycles. The Labute approximate surface area is 172 Å². The van der Waals surface area contributed by atoms with Crippen molar-refractivity contribution in [3.05, 3.63) is 0 Å². The largest absolute Gasteiger partial charge is 0.465 e. The first-order valence-corrected chi connectivity index (χ1v) is 12.3. The monoisotopic (exact) mass is 390 g/mol. The normalized spacial score (nSPS) is 36.9. The van der Waals surface area contributed by atoms with Gasteiger partial charge in [0, 0.05) is 6.42 Å². The van der Waals surface area contributed by atoms with Crippen molar-refractivity contribution in [2.75, 3.05) is 6.61 Å². The van der Waals surface area contributed by atoms with Crippen LogP contribution in [0.3, 0.4) is 0 Å². The number of hydrogen-bond acceptors (Lipinski definition) is 3. The molecule has 0 aromatic carbocycles. The van der Waals surface area contributed by atoms with Gasteiger partial charge in [0.1, 0.15) is 11.7 Å². The standard InChI is InChI=1S/C25H42O3/c1-3-5-18-6-8-19(9-7-18)20-10-12-21(13-11-20)22-14-15-23(24(26)17-22)25(27)28-16-4-2/h18-23H,3-17H2,1-2H3. The van der Waals surface area contributed by atoms with Gasteiger partial charge in [-0.05, 0) is 87.4 Å². The van der Waals surface area contributed by atoms with Crippen LogP contribution in [0, 0.1) is 35.5 Å². The molecular formula is C25H42O3. The molecule has 0 aliphatic heterocycles. The van der Waals surface area contributed by atoms with E-state index in [4.69, 9.17) is 4.74 Å². The smallest absolute Gasteiger partial charge is 0.316 e. The zero-order valence-corrected chi connectivity index (χ0v) is 18.3. The summed E-state index contributed by atoms with van der Waals surface area (Å²) in [5.74, 6) is 3.55. The lowest BCUT2D eigenvalue weighted by Gasteiger charge is -2.41. The topological polar surface area (TPSA) is 43.4 Å². The van der Waals surface area contributed by atoms with E-state index in [1.54, 1.807) is 0 Å². The van der Waals surface area contributed by atoms with E-state index in [0.717, 1.165) is 30.6 Å². The third-order valence-corrected chi connectivity index (χ3v) is 8.15. The van der Waals surface area contributed by atoms with Gasteiger partial charge in [-0.2, -0.15) is 0 Å². The first-order valence-electron chi connectivity index (χ1n) is 12.3. The Morgan fingerprint density at radius 2 is 1.32 bits per heavy atom. The van der Waals surface area contributed by atoms with Crippen molar-refractivity contribution in [2.24, 2.45) is 35.5 Å². The van der Waals surface area contributed by atoms with Gasteiger partial charge in [-0.1, -0.05) is 39.5 Å². The minimum atomic E-state index is -0.475. The van der Waals surface area contributed by atoms with Crippen molar-refractivity contribution in [3.8, 4) is 0 Å². The minimum absolute atomic E-state index is 0.147. The van der Waals surface area contributed by atoms with Crippen LogP contribution in [0.1, 0.15) is 104 Å². The SMILES string of the molecule is CCCOC(=O)C1CCC(C2CCC(C3CCC(CCC)CC3)CC2)CC1=O. The molecule has 2 unspecified atom stereocenters. The summed E-state index contributed by atoms with van der Waals surface area (Å²) in [4.78, 5) is 24.6. The predicted molar refractivity (Wildman–Crippen MR) is 113 cm³/mol. The van der Waals surface area contributed by atoms with Crippen LogP contribution in [0.25, 0.3) is 0 Å². The van der Waals surface area contributed by atoms with Gasteiger partial charge in [0.05, 0.1) is 6.61 Å². The van der Waals surface area contributed by atoms with Gasteiger partial charge in [-0.25, -0.2) is 0 Å². The molecule has 2 atom stereocenters. The van der Waals surface area contributed by atoms with Crippen LogP contribution < -0.4 is 0 Å². The highest BCUT2D eigenvalue weighted by Crippen LogP contribution is 2.45. The fourth-order valence-corrected chi connectivity index (χ4v) is 6.44. The van der Waals surface area contributed by atoms with E-state index in [1.165, 1.54) is 64.2 Å². The number of ketones is 1. The molecule has 3 aliphatic carbocycles. The molecule has 3 heteroatoms. The zero-order chi connectivity index (χ0) is 19.9. The van der Waals surface area contributed by atoms with Crippen molar-refractivity contribution in [1.29, 1.82) is 0 Å². The number of Topliss-reactive ketones (excluding diaryl/α,β-unsaturated/α-hetero) is 1. The molecule has 0 bridgehead atoms. The highest BCUT2D eigenvalue weighted by Gasteiger charge is 2.39. The molecule has 28 heavy (non-hydrogen) atoms. The van der Waals surface area contributed by atoms with Crippen LogP contribution in [-0.4, -0.2) is 18.4 Å². The van der Waals surface area contributed by atoms with Crippen LogP contribution in [0.4, 0.5) is 0 Å². The lowest BCUT2D eigenvalue weighted by molar-refractivity contribution is -0.154. The van der Waals surface area contributed by atoms with Crippen LogP contribution in [0.2, 0.25) is 0 Å². The number of carbonyl (C=O) groups excluding carboxylic acids is 2. The van der Waals surface area contributed by atoms with Gasteiger partial charge in [0.2, 0.25) is 0 Å². The Morgan fingerprint density at radius 3 is 1.86 bits per heavy atom. The lowest BCUT2D eigenvalue weighted by Crippen LogP contribution is -2.36. The summed E-state index contributed by atoms with van der Waals surface area (Å²) in [6.45, 7) is 4.75.